The monoisotopic (exact) mass is 265 g/mol. The number of benzene rings is 1. The molecule has 1 atom stereocenters. The highest BCUT2D eigenvalue weighted by Gasteiger charge is 2.26. The molecule has 19 heavy (non-hydrogen) atoms. The first-order chi connectivity index (χ1) is 9.20. The lowest BCUT2D eigenvalue weighted by atomic mass is 9.94. The van der Waals surface area contributed by atoms with Crippen molar-refractivity contribution in [2.24, 2.45) is 5.73 Å². The van der Waals surface area contributed by atoms with Crippen molar-refractivity contribution in [2.75, 3.05) is 6.61 Å². The molecule has 0 spiro atoms. The summed E-state index contributed by atoms with van der Waals surface area (Å²) < 4.78 is 24.8. The van der Waals surface area contributed by atoms with Crippen LogP contribution in [-0.2, 0) is 11.2 Å². The van der Waals surface area contributed by atoms with E-state index in [4.69, 9.17) is 15.2 Å². The van der Waals surface area contributed by atoms with E-state index in [-0.39, 0.29) is 11.9 Å². The molecule has 104 valence electrons. The van der Waals surface area contributed by atoms with Gasteiger partial charge >= 0.3 is 0 Å². The minimum absolute atomic E-state index is 0.0207. The molecule has 1 aliphatic carbocycles. The van der Waals surface area contributed by atoms with Gasteiger partial charge in [-0.25, -0.2) is 4.39 Å². The van der Waals surface area contributed by atoms with Crippen LogP contribution in [0.2, 0.25) is 0 Å². The zero-order valence-corrected chi connectivity index (χ0v) is 11.0. The maximum Gasteiger partial charge on any atom is 0.126 e. The number of nitrogens with two attached hydrogens (primary N) is 1. The highest BCUT2D eigenvalue weighted by molar-refractivity contribution is 5.37. The van der Waals surface area contributed by atoms with Crippen LogP contribution in [0.3, 0.4) is 0 Å². The summed E-state index contributed by atoms with van der Waals surface area (Å²) >= 11 is 0. The number of halogens is 1. The molecule has 2 aliphatic rings. The molecule has 3 nitrogen and oxygen atoms in total. The molecule has 1 aromatic carbocycles. The van der Waals surface area contributed by atoms with Gasteiger partial charge < -0.3 is 15.2 Å². The second kappa shape index (κ2) is 5.47. The van der Waals surface area contributed by atoms with Gasteiger partial charge in [0.2, 0.25) is 0 Å². The van der Waals surface area contributed by atoms with Gasteiger partial charge in [0, 0.05) is 18.0 Å². The van der Waals surface area contributed by atoms with Gasteiger partial charge in [-0.3, -0.25) is 0 Å². The molecule has 1 heterocycles. The fourth-order valence-corrected chi connectivity index (χ4v) is 2.88. The van der Waals surface area contributed by atoms with Gasteiger partial charge in [-0.15, -0.1) is 0 Å². The summed E-state index contributed by atoms with van der Waals surface area (Å²) in [5.74, 6) is 0.589. The molecule has 0 bridgehead atoms. The van der Waals surface area contributed by atoms with Crippen molar-refractivity contribution in [1.29, 1.82) is 0 Å². The summed E-state index contributed by atoms with van der Waals surface area (Å²) in [6.45, 7) is 0.580. The van der Waals surface area contributed by atoms with Gasteiger partial charge in [0.25, 0.3) is 0 Å². The Hall–Kier alpha value is -1.13. The van der Waals surface area contributed by atoms with Crippen LogP contribution >= 0.6 is 0 Å². The summed E-state index contributed by atoms with van der Waals surface area (Å²) in [5.41, 5.74) is 6.81. The smallest absolute Gasteiger partial charge is 0.126 e. The number of fused-ring (bicyclic) bond motifs is 1. The van der Waals surface area contributed by atoms with Gasteiger partial charge in [0.1, 0.15) is 17.7 Å². The molecule has 4 heteroatoms. The molecule has 0 saturated heterocycles. The zero-order chi connectivity index (χ0) is 13.2. The Bertz CT molecular complexity index is 444. The van der Waals surface area contributed by atoms with Crippen molar-refractivity contribution >= 4 is 0 Å². The van der Waals surface area contributed by atoms with Crippen LogP contribution in [0.15, 0.2) is 18.2 Å². The Morgan fingerprint density at radius 3 is 2.84 bits per heavy atom. The number of rotatable bonds is 3. The normalized spacial score (nSPS) is 29.9. The second-order valence-electron chi connectivity index (χ2n) is 5.57. The Kier molecular flexibility index (Phi) is 3.71. The Labute approximate surface area is 112 Å². The number of hydrogen-bond acceptors (Lipinski definition) is 3. The van der Waals surface area contributed by atoms with E-state index < -0.39 is 0 Å². The standard InChI is InChI=1S/C15H20FNO2/c16-11-1-6-15-10(7-11)8-14(19-15)9-18-13-4-2-12(17)3-5-13/h1,6-7,12-14H,2-5,8-9,17H2. The van der Waals surface area contributed by atoms with E-state index in [0.717, 1.165) is 43.4 Å². The van der Waals surface area contributed by atoms with Gasteiger partial charge in [0.15, 0.2) is 0 Å². The Morgan fingerprint density at radius 1 is 1.26 bits per heavy atom. The quantitative estimate of drug-likeness (QED) is 0.912. The maximum atomic E-state index is 13.1. The third-order valence-electron chi connectivity index (χ3n) is 4.00. The average molecular weight is 265 g/mol. The molecular formula is C15H20FNO2. The molecule has 0 aromatic heterocycles. The Balaban J connectivity index is 1.48. The summed E-state index contributed by atoms with van der Waals surface area (Å²) in [6, 6.07) is 5.03. The topological polar surface area (TPSA) is 44.5 Å². The molecule has 0 amide bonds. The highest BCUT2D eigenvalue weighted by Crippen LogP contribution is 2.30. The van der Waals surface area contributed by atoms with Crippen LogP contribution in [0, 0.1) is 5.82 Å². The van der Waals surface area contributed by atoms with Crippen LogP contribution in [-0.4, -0.2) is 24.9 Å². The molecule has 0 radical (unpaired) electrons. The van der Waals surface area contributed by atoms with E-state index in [1.807, 2.05) is 0 Å². The van der Waals surface area contributed by atoms with Crippen LogP contribution in [0.4, 0.5) is 4.39 Å². The van der Waals surface area contributed by atoms with Gasteiger partial charge in [-0.05, 0) is 43.9 Å². The first kappa shape index (κ1) is 12.9. The fourth-order valence-electron chi connectivity index (χ4n) is 2.88. The van der Waals surface area contributed by atoms with Crippen molar-refractivity contribution in [3.05, 3.63) is 29.6 Å². The van der Waals surface area contributed by atoms with Crippen molar-refractivity contribution in [2.45, 2.75) is 50.4 Å². The largest absolute Gasteiger partial charge is 0.487 e. The van der Waals surface area contributed by atoms with E-state index >= 15 is 0 Å². The minimum Gasteiger partial charge on any atom is -0.487 e. The number of ether oxygens (including phenoxy) is 2. The third-order valence-corrected chi connectivity index (χ3v) is 4.00. The molecule has 3 rings (SSSR count). The van der Waals surface area contributed by atoms with E-state index in [2.05, 4.69) is 0 Å². The molecule has 2 N–H and O–H groups in total. The highest BCUT2D eigenvalue weighted by atomic mass is 19.1. The Morgan fingerprint density at radius 2 is 2.05 bits per heavy atom. The summed E-state index contributed by atoms with van der Waals surface area (Å²) in [5, 5.41) is 0. The van der Waals surface area contributed by atoms with E-state index in [0.29, 0.717) is 18.8 Å². The van der Waals surface area contributed by atoms with Crippen molar-refractivity contribution in [3.8, 4) is 5.75 Å². The second-order valence-corrected chi connectivity index (χ2v) is 5.57. The summed E-state index contributed by atoms with van der Waals surface area (Å²) in [6.07, 6.45) is 5.23. The average Bonchev–Trinajstić information content (AvgIpc) is 2.80. The van der Waals surface area contributed by atoms with Crippen LogP contribution in [0.25, 0.3) is 0 Å². The summed E-state index contributed by atoms with van der Waals surface area (Å²) in [7, 11) is 0. The third kappa shape index (κ3) is 3.07. The fraction of sp³-hybridized carbons (Fsp3) is 0.600. The lowest BCUT2D eigenvalue weighted by Gasteiger charge is -2.27. The predicted octanol–water partition coefficient (Wildman–Crippen LogP) is 2.42. The minimum atomic E-state index is -0.204. The van der Waals surface area contributed by atoms with E-state index in [9.17, 15) is 4.39 Å². The van der Waals surface area contributed by atoms with Gasteiger partial charge in [-0.2, -0.15) is 0 Å². The number of hydrogen-bond donors (Lipinski definition) is 1. The van der Waals surface area contributed by atoms with Crippen LogP contribution in [0.5, 0.6) is 5.75 Å². The van der Waals surface area contributed by atoms with Gasteiger partial charge in [0.05, 0.1) is 12.7 Å². The van der Waals surface area contributed by atoms with Crippen molar-refractivity contribution in [1.82, 2.24) is 0 Å². The summed E-state index contributed by atoms with van der Waals surface area (Å²) in [4.78, 5) is 0. The van der Waals surface area contributed by atoms with Crippen LogP contribution < -0.4 is 10.5 Å². The molecule has 1 aromatic rings. The predicted molar refractivity (Wildman–Crippen MR) is 70.7 cm³/mol. The van der Waals surface area contributed by atoms with Crippen LogP contribution in [0.1, 0.15) is 31.2 Å². The van der Waals surface area contributed by atoms with Crippen molar-refractivity contribution < 1.29 is 13.9 Å². The first-order valence-corrected chi connectivity index (χ1v) is 7.03. The SMILES string of the molecule is NC1CCC(OCC2Cc3cc(F)ccc3O2)CC1. The van der Waals surface area contributed by atoms with Gasteiger partial charge in [-0.1, -0.05) is 0 Å². The lowest BCUT2D eigenvalue weighted by molar-refractivity contribution is -0.0122. The molecule has 1 unspecified atom stereocenters. The van der Waals surface area contributed by atoms with E-state index in [1.54, 1.807) is 12.1 Å². The molecule has 1 saturated carbocycles. The van der Waals surface area contributed by atoms with E-state index in [1.165, 1.54) is 6.07 Å². The molecule has 1 fully saturated rings. The molecule has 1 aliphatic heterocycles. The maximum absolute atomic E-state index is 13.1. The molecular weight excluding hydrogens is 245 g/mol. The zero-order valence-electron chi connectivity index (χ0n) is 11.0. The lowest BCUT2D eigenvalue weighted by Crippen LogP contribution is -2.32. The van der Waals surface area contributed by atoms with Crippen molar-refractivity contribution in [3.63, 3.8) is 0 Å². The first-order valence-electron chi connectivity index (χ1n) is 7.03.